The smallest absolute Gasteiger partial charge is 0.246 e. The Bertz CT molecular complexity index is 2910. The van der Waals surface area contributed by atoms with E-state index in [1.54, 1.807) is 17.5 Å². The van der Waals surface area contributed by atoms with Gasteiger partial charge in [0.05, 0.1) is 22.2 Å². The molecular weight excluding hydrogens is 1010 g/mol. The number of aryl methyl sites for hydroxylation is 1. The number of unbranched alkanes of at least 4 members (excludes halogenated alkanes) is 3. The Hall–Kier alpha value is -6.85. The third-order valence-electron chi connectivity index (χ3n) is 15.1. The van der Waals surface area contributed by atoms with E-state index in [0.29, 0.717) is 75.1 Å². The first-order chi connectivity index (χ1) is 37.7. The summed E-state index contributed by atoms with van der Waals surface area (Å²) < 4.78 is 0. The van der Waals surface area contributed by atoms with Gasteiger partial charge in [0.1, 0.15) is 17.9 Å². The van der Waals surface area contributed by atoms with Gasteiger partial charge in [0, 0.05) is 112 Å². The normalized spacial score (nSPS) is 17.2. The van der Waals surface area contributed by atoms with Crippen LogP contribution < -0.4 is 20.9 Å². The van der Waals surface area contributed by atoms with Gasteiger partial charge in [0.15, 0.2) is 11.6 Å². The summed E-state index contributed by atoms with van der Waals surface area (Å²) >= 11 is 1.57. The van der Waals surface area contributed by atoms with Crippen LogP contribution in [-0.4, -0.2) is 123 Å². The summed E-state index contributed by atoms with van der Waals surface area (Å²) in [6.45, 7) is 18.3. The largest absolute Gasteiger partial charge is 0.391 e. The van der Waals surface area contributed by atoms with Gasteiger partial charge in [0.2, 0.25) is 23.6 Å². The summed E-state index contributed by atoms with van der Waals surface area (Å²) in [5.41, 5.74) is 10.1. The number of hydrogen-bond acceptors (Lipinski definition) is 13. The van der Waals surface area contributed by atoms with Crippen molar-refractivity contribution in [2.45, 2.75) is 163 Å². The van der Waals surface area contributed by atoms with Crippen LogP contribution in [0, 0.1) is 17.7 Å². The Morgan fingerprint density at radius 2 is 1.59 bits per heavy atom. The molecule has 422 valence electrons. The van der Waals surface area contributed by atoms with E-state index in [4.69, 9.17) is 10.4 Å². The number of anilines is 2. The quantitative estimate of drug-likeness (QED) is 0.0253. The molecule has 4 heterocycles. The molecule has 7 rings (SSSR count). The number of piperazine rings is 1. The number of aromatic nitrogens is 2. The topological polar surface area (TPSA) is 218 Å². The second kappa shape index (κ2) is 27.3. The highest BCUT2D eigenvalue weighted by atomic mass is 32.1. The molecule has 3 aliphatic rings. The lowest BCUT2D eigenvalue weighted by atomic mass is 9.85. The number of pyridine rings is 1. The Morgan fingerprint density at radius 3 is 2.23 bits per heavy atom. The predicted octanol–water partition coefficient (Wildman–Crippen LogP) is 9.78. The summed E-state index contributed by atoms with van der Waals surface area (Å²) in [7, 11) is 0. The highest BCUT2D eigenvalue weighted by molar-refractivity contribution is 7.13. The van der Waals surface area contributed by atoms with Gasteiger partial charge in [-0.15, -0.1) is 11.3 Å². The zero-order valence-electron chi connectivity index (χ0n) is 47.5. The van der Waals surface area contributed by atoms with Crippen molar-refractivity contribution in [3.05, 3.63) is 105 Å². The molecule has 2 aromatic heterocycles. The first-order valence-corrected chi connectivity index (χ1v) is 29.1. The van der Waals surface area contributed by atoms with Crippen LogP contribution in [0.25, 0.3) is 21.6 Å². The first kappa shape index (κ1) is 59.8. The fraction of sp³-hybridized carbons (Fsp3) is 0.500. The third kappa shape index (κ3) is 15.7. The molecular formula is C62H81N9O7S. The van der Waals surface area contributed by atoms with Crippen LogP contribution in [0.15, 0.2) is 83.0 Å². The number of nitrogens with zero attached hydrogens (tertiary/aromatic N) is 5. The average Bonchev–Trinajstić information content (AvgIpc) is 4.05. The predicted molar refractivity (Wildman–Crippen MR) is 313 cm³/mol. The summed E-state index contributed by atoms with van der Waals surface area (Å²) in [4.78, 5) is 97.1. The lowest BCUT2D eigenvalue weighted by Gasteiger charge is -2.35. The van der Waals surface area contributed by atoms with E-state index in [1.165, 1.54) is 11.1 Å². The van der Waals surface area contributed by atoms with Crippen molar-refractivity contribution in [3.8, 4) is 21.6 Å². The van der Waals surface area contributed by atoms with Crippen molar-refractivity contribution in [2.24, 2.45) is 5.41 Å². The van der Waals surface area contributed by atoms with E-state index >= 15 is 0 Å². The lowest BCUT2D eigenvalue weighted by Crippen LogP contribution is -2.57. The number of Topliss-reactive ketones (excluding diaryl/α,β-unsaturated/α-hetero) is 2. The number of amides is 4. The number of carbonyl (C=O) groups is 6. The van der Waals surface area contributed by atoms with Gasteiger partial charge in [-0.1, -0.05) is 82.9 Å². The maximum atomic E-state index is 14.1. The van der Waals surface area contributed by atoms with Crippen LogP contribution >= 0.6 is 11.3 Å². The van der Waals surface area contributed by atoms with Gasteiger partial charge in [-0.25, -0.2) is 9.97 Å². The number of carbonyl (C=O) groups excluding carboxylic acids is 6. The van der Waals surface area contributed by atoms with E-state index in [-0.39, 0.29) is 67.7 Å². The van der Waals surface area contributed by atoms with Gasteiger partial charge in [-0.3, -0.25) is 28.8 Å². The number of β-amino-alcohol motifs (C(OH)–C–C–N with tert-alkyl or cyclic N) is 1. The Kier molecular flexibility index (Phi) is 20.7. The maximum Gasteiger partial charge on any atom is 0.246 e. The van der Waals surface area contributed by atoms with E-state index in [1.807, 2.05) is 107 Å². The fourth-order valence-electron chi connectivity index (χ4n) is 10.8. The highest BCUT2D eigenvalue weighted by Crippen LogP contribution is 2.34. The monoisotopic (exact) mass is 1100 g/mol. The van der Waals surface area contributed by atoms with Crippen LogP contribution in [0.4, 0.5) is 11.5 Å². The molecule has 0 radical (unpaired) electrons. The van der Waals surface area contributed by atoms with Gasteiger partial charge < -0.3 is 41.2 Å². The number of aliphatic hydroxyl groups is 1. The molecule has 17 heteroatoms. The van der Waals surface area contributed by atoms with Gasteiger partial charge in [-0.2, -0.15) is 0 Å². The SMILES string of the molecule is CCCC1=C(CCC(=O)c2cc(-c3ccc(N4CCN(C(=O)CCCCCCC(=O)N[C@H](C(=O)N5C[C@H](O)C[C@H]5C(=O)NCc5ccc(-c6scnc6C)cc5)C(C)(C)C)CC4)nc3)cc(NC(C)C)c2C=N)C(=O)CC(C)=C1. The lowest BCUT2D eigenvalue weighted by molar-refractivity contribution is -0.144. The minimum absolute atomic E-state index is 0.00126. The van der Waals surface area contributed by atoms with Crippen LogP contribution in [-0.2, 0) is 30.5 Å². The van der Waals surface area contributed by atoms with Gasteiger partial charge in [0.25, 0.3) is 0 Å². The standard InChI is InChI=1S/C62H81N9O7S/c1-9-14-44-29-40(4)30-54(74)48(44)22-23-53(73)49-31-46(32-51(50(49)34-63)67-39(2)3)45-21-24-55(64-36-45)69-25-27-70(28-26-69)57(76)16-13-11-10-12-15-56(75)68-59(62(6,7)8)61(78)71-37-47(72)33-52(71)60(77)65-35-42-17-19-43(20-18-42)58-41(5)66-38-79-58/h17-21,24,29,31-32,34,36,38-39,47,52,59,63,67,72H,9-16,22-23,25-28,30,33,35,37H2,1-8H3,(H,65,77)(H,68,75)/t47-,52+,59-/m1/s1. The Morgan fingerprint density at radius 1 is 0.886 bits per heavy atom. The molecule has 4 amide bonds. The third-order valence-corrected chi connectivity index (χ3v) is 16.0. The number of rotatable bonds is 24. The first-order valence-electron chi connectivity index (χ1n) is 28.2. The van der Waals surface area contributed by atoms with Crippen molar-refractivity contribution in [2.75, 3.05) is 42.9 Å². The molecule has 0 bridgehead atoms. The van der Waals surface area contributed by atoms with Crippen molar-refractivity contribution >= 4 is 64.3 Å². The minimum Gasteiger partial charge on any atom is -0.391 e. The molecule has 0 saturated carbocycles. The number of benzene rings is 2. The molecule has 2 saturated heterocycles. The van der Waals surface area contributed by atoms with E-state index in [9.17, 15) is 33.9 Å². The van der Waals surface area contributed by atoms with Crippen molar-refractivity contribution < 1.29 is 33.9 Å². The summed E-state index contributed by atoms with van der Waals surface area (Å²) in [5.74, 6) is -0.154. The van der Waals surface area contributed by atoms with Crippen molar-refractivity contribution in [1.82, 2.24) is 30.4 Å². The maximum absolute atomic E-state index is 14.1. The van der Waals surface area contributed by atoms with E-state index in [0.717, 1.165) is 81.0 Å². The van der Waals surface area contributed by atoms with Crippen LogP contribution in [0.3, 0.4) is 0 Å². The number of allylic oxidation sites excluding steroid dienone is 4. The molecule has 2 fully saturated rings. The van der Waals surface area contributed by atoms with Gasteiger partial charge >= 0.3 is 0 Å². The number of aliphatic hydroxyl groups excluding tert-OH is 1. The van der Waals surface area contributed by atoms with Crippen LogP contribution in [0.5, 0.6) is 0 Å². The highest BCUT2D eigenvalue weighted by Gasteiger charge is 2.44. The second-order valence-corrected chi connectivity index (χ2v) is 23.7. The molecule has 1 aliphatic carbocycles. The van der Waals surface area contributed by atoms with E-state index in [2.05, 4.69) is 38.8 Å². The zero-order valence-corrected chi connectivity index (χ0v) is 48.3. The molecule has 3 atom stereocenters. The fourth-order valence-corrected chi connectivity index (χ4v) is 11.6. The van der Waals surface area contributed by atoms with E-state index < -0.39 is 29.5 Å². The van der Waals surface area contributed by atoms with Crippen LogP contribution in [0.1, 0.15) is 153 Å². The number of ketones is 2. The molecule has 5 N–H and O–H groups in total. The van der Waals surface area contributed by atoms with Crippen LogP contribution in [0.2, 0.25) is 0 Å². The minimum atomic E-state index is -0.905. The summed E-state index contributed by atoms with van der Waals surface area (Å²) in [6.07, 6.45) is 10.4. The zero-order chi connectivity index (χ0) is 57.0. The number of thiazole rings is 1. The molecule has 4 aromatic rings. The second-order valence-electron chi connectivity index (χ2n) is 22.8. The molecule has 79 heavy (non-hydrogen) atoms. The van der Waals surface area contributed by atoms with Gasteiger partial charge in [-0.05, 0) is 111 Å². The van der Waals surface area contributed by atoms with Crippen molar-refractivity contribution in [3.63, 3.8) is 0 Å². The average molecular weight is 1100 g/mol. The summed E-state index contributed by atoms with van der Waals surface area (Å²) in [5, 5.41) is 28.3. The number of hydrogen-bond donors (Lipinski definition) is 5. The molecule has 2 aliphatic heterocycles. The number of nitrogens with one attached hydrogen (secondary N) is 4. The Balaban J connectivity index is 0.843. The summed E-state index contributed by atoms with van der Waals surface area (Å²) in [6, 6.07) is 13.9. The molecule has 16 nitrogen and oxygen atoms in total. The van der Waals surface area contributed by atoms with Crippen molar-refractivity contribution in [1.29, 1.82) is 5.41 Å². The molecule has 0 spiro atoms. The number of likely N-dealkylation sites (tertiary alicyclic amines) is 1. The molecule has 2 aromatic carbocycles. The Labute approximate surface area is 470 Å². The molecule has 0 unspecified atom stereocenters.